The zero-order valence-electron chi connectivity index (χ0n) is 8.61. The van der Waals surface area contributed by atoms with E-state index in [1.165, 1.54) is 0 Å². The highest BCUT2D eigenvalue weighted by atomic mass is 35.5. The Balaban J connectivity index is 2.56. The molecule has 0 fully saturated rings. The number of ether oxygens (including phenoxy) is 1. The van der Waals surface area contributed by atoms with Crippen LogP contribution in [0.5, 0.6) is 0 Å². The maximum atomic E-state index is 11.5. The molecule has 0 atom stereocenters. The number of hydrogen-bond donors (Lipinski definition) is 1. The molecule has 0 radical (unpaired) electrons. The number of hydrogen-bond acceptors (Lipinski definition) is 4. The molecule has 0 saturated heterocycles. The van der Waals surface area contributed by atoms with E-state index in [1.54, 1.807) is 25.1 Å². The van der Waals surface area contributed by atoms with Gasteiger partial charge in [-0.15, -0.1) is 4.68 Å². The van der Waals surface area contributed by atoms with Gasteiger partial charge in [0, 0.05) is 10.4 Å². The van der Waals surface area contributed by atoms with Crippen molar-refractivity contribution in [2.24, 2.45) is 0 Å². The second-order valence-corrected chi connectivity index (χ2v) is 3.59. The van der Waals surface area contributed by atoms with E-state index < -0.39 is 6.09 Å². The molecule has 1 aromatic heterocycles. The van der Waals surface area contributed by atoms with Crippen molar-refractivity contribution < 1.29 is 9.53 Å². The van der Waals surface area contributed by atoms with Gasteiger partial charge in [0.2, 0.25) is 0 Å². The molecule has 0 aliphatic heterocycles. The molecule has 2 N–H and O–H groups in total. The number of carbonyl (C=O) groups is 1. The zero-order valence-corrected chi connectivity index (χ0v) is 9.36. The molecule has 2 aromatic rings. The van der Waals surface area contributed by atoms with E-state index in [4.69, 9.17) is 22.1 Å². The molecule has 1 aromatic carbocycles. The van der Waals surface area contributed by atoms with Crippen molar-refractivity contribution >= 4 is 34.4 Å². The van der Waals surface area contributed by atoms with Crippen LogP contribution in [-0.2, 0) is 4.74 Å². The van der Waals surface area contributed by atoms with Gasteiger partial charge in [0.1, 0.15) is 5.82 Å². The van der Waals surface area contributed by atoms with Crippen molar-refractivity contribution in [3.63, 3.8) is 0 Å². The van der Waals surface area contributed by atoms with Gasteiger partial charge in [0.05, 0.1) is 12.1 Å². The Labute approximate surface area is 96.7 Å². The van der Waals surface area contributed by atoms with Crippen molar-refractivity contribution in [1.29, 1.82) is 0 Å². The van der Waals surface area contributed by atoms with Crippen LogP contribution in [0.15, 0.2) is 18.2 Å². The molecule has 5 nitrogen and oxygen atoms in total. The summed E-state index contributed by atoms with van der Waals surface area (Å²) in [4.78, 5) is 11.5. The Bertz CT molecular complexity index is 550. The van der Waals surface area contributed by atoms with E-state index in [-0.39, 0.29) is 12.4 Å². The van der Waals surface area contributed by atoms with Crippen LogP contribution in [0.25, 0.3) is 10.9 Å². The van der Waals surface area contributed by atoms with Gasteiger partial charge in [-0.05, 0) is 25.1 Å². The molecule has 6 heteroatoms. The maximum Gasteiger partial charge on any atom is 0.436 e. The normalized spacial score (nSPS) is 10.6. The Morgan fingerprint density at radius 3 is 3.06 bits per heavy atom. The van der Waals surface area contributed by atoms with Crippen LogP contribution in [0.1, 0.15) is 6.92 Å². The second-order valence-electron chi connectivity index (χ2n) is 3.16. The number of aromatic nitrogens is 2. The summed E-state index contributed by atoms with van der Waals surface area (Å²) in [5, 5.41) is 5.21. The number of nitrogens with two attached hydrogens (primary N) is 1. The molecule has 0 aliphatic rings. The summed E-state index contributed by atoms with van der Waals surface area (Å²) >= 11 is 5.83. The Kier molecular flexibility index (Phi) is 2.70. The fraction of sp³-hybridized carbons (Fsp3) is 0.200. The fourth-order valence-electron chi connectivity index (χ4n) is 1.40. The van der Waals surface area contributed by atoms with Crippen molar-refractivity contribution in [3.05, 3.63) is 23.2 Å². The second kappa shape index (κ2) is 4.02. The van der Waals surface area contributed by atoms with Gasteiger partial charge < -0.3 is 10.5 Å². The van der Waals surface area contributed by atoms with Gasteiger partial charge >= 0.3 is 6.09 Å². The number of rotatable bonds is 1. The van der Waals surface area contributed by atoms with Crippen LogP contribution in [0.2, 0.25) is 5.02 Å². The lowest BCUT2D eigenvalue weighted by atomic mass is 10.2. The number of fused-ring (bicyclic) bond motifs is 1. The lowest BCUT2D eigenvalue weighted by molar-refractivity contribution is 0.151. The third kappa shape index (κ3) is 1.69. The number of nitrogen functional groups attached to an aromatic ring is 1. The number of carbonyl (C=O) groups excluding carboxylic acids is 1. The third-order valence-corrected chi connectivity index (χ3v) is 2.35. The summed E-state index contributed by atoms with van der Waals surface area (Å²) in [6.07, 6.45) is -0.590. The molecule has 0 aliphatic carbocycles. The van der Waals surface area contributed by atoms with E-state index in [0.29, 0.717) is 15.9 Å². The van der Waals surface area contributed by atoms with Gasteiger partial charge in [0.25, 0.3) is 0 Å². The van der Waals surface area contributed by atoms with Crippen LogP contribution in [-0.4, -0.2) is 22.5 Å². The Morgan fingerprint density at radius 2 is 2.38 bits per heavy atom. The molecule has 2 rings (SSSR count). The molecule has 84 valence electrons. The van der Waals surface area contributed by atoms with E-state index >= 15 is 0 Å². The molecule has 0 amide bonds. The van der Waals surface area contributed by atoms with Crippen LogP contribution in [0, 0.1) is 0 Å². The van der Waals surface area contributed by atoms with E-state index in [9.17, 15) is 4.79 Å². The quantitative estimate of drug-likeness (QED) is 0.829. The lowest BCUT2D eigenvalue weighted by Gasteiger charge is -2.01. The molecule has 0 spiro atoms. The largest absolute Gasteiger partial charge is 0.448 e. The monoisotopic (exact) mass is 239 g/mol. The minimum absolute atomic E-state index is 0.232. The van der Waals surface area contributed by atoms with Gasteiger partial charge in [0.15, 0.2) is 0 Å². The van der Waals surface area contributed by atoms with Crippen molar-refractivity contribution in [2.75, 3.05) is 12.3 Å². The highest BCUT2D eigenvalue weighted by Gasteiger charge is 2.14. The average molecular weight is 240 g/mol. The molecule has 0 saturated carbocycles. The van der Waals surface area contributed by atoms with Crippen LogP contribution in [0.4, 0.5) is 10.6 Å². The maximum absolute atomic E-state index is 11.5. The Morgan fingerprint density at radius 1 is 1.62 bits per heavy atom. The molecule has 16 heavy (non-hydrogen) atoms. The minimum Gasteiger partial charge on any atom is -0.448 e. The van der Waals surface area contributed by atoms with Gasteiger partial charge in [-0.2, -0.15) is 5.10 Å². The first-order chi connectivity index (χ1) is 7.63. The number of nitrogens with zero attached hydrogens (tertiary/aromatic N) is 2. The minimum atomic E-state index is -0.590. The topological polar surface area (TPSA) is 70.1 Å². The summed E-state index contributed by atoms with van der Waals surface area (Å²) in [5.41, 5.74) is 6.39. The summed E-state index contributed by atoms with van der Waals surface area (Å²) in [5.74, 6) is 0.232. The van der Waals surface area contributed by atoms with Crippen molar-refractivity contribution in [2.45, 2.75) is 6.92 Å². The van der Waals surface area contributed by atoms with Crippen LogP contribution >= 0.6 is 11.6 Å². The van der Waals surface area contributed by atoms with E-state index in [2.05, 4.69) is 5.10 Å². The van der Waals surface area contributed by atoms with Crippen LogP contribution < -0.4 is 5.73 Å². The first-order valence-electron chi connectivity index (χ1n) is 4.74. The average Bonchev–Trinajstić information content (AvgIpc) is 2.57. The smallest absolute Gasteiger partial charge is 0.436 e. The predicted molar refractivity (Wildman–Crippen MR) is 61.6 cm³/mol. The fourth-order valence-corrected chi connectivity index (χ4v) is 1.57. The molecule has 1 heterocycles. The summed E-state index contributed by atoms with van der Waals surface area (Å²) in [6, 6.07) is 5.05. The SMILES string of the molecule is CCOC(=O)n1nc2ccc(Cl)cc2c1N. The number of benzene rings is 1. The van der Waals surface area contributed by atoms with Crippen molar-refractivity contribution in [3.8, 4) is 0 Å². The highest BCUT2D eigenvalue weighted by molar-refractivity contribution is 6.31. The summed E-state index contributed by atoms with van der Waals surface area (Å²) in [6.45, 7) is 1.99. The standard InChI is InChI=1S/C10H10ClN3O2/c1-2-16-10(15)14-9(12)7-5-6(11)3-4-8(7)13-14/h3-5H,2,12H2,1H3. The van der Waals surface area contributed by atoms with E-state index in [1.807, 2.05) is 0 Å². The van der Waals surface area contributed by atoms with Crippen LogP contribution in [0.3, 0.4) is 0 Å². The number of halogens is 1. The summed E-state index contributed by atoms with van der Waals surface area (Å²) in [7, 11) is 0. The zero-order chi connectivity index (χ0) is 11.7. The molecule has 0 unspecified atom stereocenters. The van der Waals surface area contributed by atoms with Crippen molar-refractivity contribution in [1.82, 2.24) is 9.78 Å². The van der Waals surface area contributed by atoms with Gasteiger partial charge in [-0.1, -0.05) is 11.6 Å². The summed E-state index contributed by atoms with van der Waals surface area (Å²) < 4.78 is 5.85. The van der Waals surface area contributed by atoms with E-state index in [0.717, 1.165) is 4.68 Å². The van der Waals surface area contributed by atoms with Gasteiger partial charge in [-0.25, -0.2) is 4.79 Å². The highest BCUT2D eigenvalue weighted by Crippen LogP contribution is 2.24. The molecule has 0 bridgehead atoms. The first-order valence-corrected chi connectivity index (χ1v) is 5.12. The molecular formula is C10H10ClN3O2. The van der Waals surface area contributed by atoms with Gasteiger partial charge in [-0.3, -0.25) is 0 Å². The first kappa shape index (κ1) is 10.8. The third-order valence-electron chi connectivity index (χ3n) is 2.11. The Hall–Kier alpha value is -1.75. The number of anilines is 1. The lowest BCUT2D eigenvalue weighted by Crippen LogP contribution is -2.17. The molecular weight excluding hydrogens is 230 g/mol. The predicted octanol–water partition coefficient (Wildman–Crippen LogP) is 2.28.